The molecule has 12 heavy (non-hydrogen) atoms. The molecule has 0 radical (unpaired) electrons. The molecule has 1 unspecified atom stereocenters. The predicted octanol–water partition coefficient (Wildman–Crippen LogP) is -0.812. The molecule has 1 aliphatic rings. The number of aliphatic hydroxyl groups is 1. The molecule has 1 aliphatic heterocycles. The van der Waals surface area contributed by atoms with Crippen molar-refractivity contribution in [1.29, 1.82) is 0 Å². The molecule has 2 N–H and O–H groups in total. The summed E-state index contributed by atoms with van der Waals surface area (Å²) in [6, 6.07) is -0.0809. The van der Waals surface area contributed by atoms with Crippen molar-refractivity contribution in [2.45, 2.75) is 25.4 Å². The van der Waals surface area contributed by atoms with E-state index >= 15 is 0 Å². The van der Waals surface area contributed by atoms with Crippen molar-refractivity contribution in [2.75, 3.05) is 20.2 Å². The normalized spacial score (nSPS) is 26.4. The molecule has 4 nitrogen and oxygen atoms in total. The van der Waals surface area contributed by atoms with E-state index < -0.39 is 0 Å². The Hall–Kier alpha value is -0.610. The van der Waals surface area contributed by atoms with Gasteiger partial charge >= 0.3 is 0 Å². The Morgan fingerprint density at radius 1 is 1.83 bits per heavy atom. The summed E-state index contributed by atoms with van der Waals surface area (Å²) < 4.78 is 0. The van der Waals surface area contributed by atoms with E-state index in [0.717, 1.165) is 13.0 Å². The molecule has 1 saturated heterocycles. The number of hydrogen-bond acceptors (Lipinski definition) is 3. The van der Waals surface area contributed by atoms with Crippen molar-refractivity contribution >= 4 is 5.91 Å². The fraction of sp³-hybridized carbons (Fsp3) is 0.875. The average Bonchev–Trinajstić information content (AvgIpc) is 2.36. The average molecular weight is 172 g/mol. The Bertz CT molecular complexity index is 172. The van der Waals surface area contributed by atoms with Crippen LogP contribution in [0.15, 0.2) is 0 Å². The monoisotopic (exact) mass is 172 g/mol. The minimum Gasteiger partial charge on any atom is -0.395 e. The maximum Gasteiger partial charge on any atom is 0.239 e. The Kier molecular flexibility index (Phi) is 3.05. The zero-order valence-corrected chi connectivity index (χ0v) is 7.58. The summed E-state index contributed by atoms with van der Waals surface area (Å²) in [6.07, 6.45) is 0.847. The van der Waals surface area contributed by atoms with E-state index in [1.54, 1.807) is 11.9 Å². The summed E-state index contributed by atoms with van der Waals surface area (Å²) in [5.41, 5.74) is 0. The molecule has 2 atom stereocenters. The number of carbonyl (C=O) groups excluding carboxylic acids is 1. The molecular weight excluding hydrogens is 156 g/mol. The van der Waals surface area contributed by atoms with Crippen molar-refractivity contribution in [3.8, 4) is 0 Å². The molecule has 0 aromatic carbocycles. The van der Waals surface area contributed by atoms with Gasteiger partial charge in [0.2, 0.25) is 5.91 Å². The lowest BCUT2D eigenvalue weighted by Gasteiger charge is -2.16. The van der Waals surface area contributed by atoms with E-state index in [9.17, 15) is 4.79 Å². The standard InChI is InChI=1S/C8H16N2O2/c1-6(5-11)9-7-3-4-10(2)8(7)12/h6-7,9,11H,3-5H2,1-2H3/t6-,7?/m0/s1. The van der Waals surface area contributed by atoms with Crippen LogP contribution in [0.3, 0.4) is 0 Å². The number of amides is 1. The van der Waals surface area contributed by atoms with Gasteiger partial charge in [0, 0.05) is 19.6 Å². The molecule has 0 aromatic heterocycles. The highest BCUT2D eigenvalue weighted by Gasteiger charge is 2.29. The summed E-state index contributed by atoms with van der Waals surface area (Å²) in [6.45, 7) is 2.76. The van der Waals surface area contributed by atoms with E-state index in [2.05, 4.69) is 5.32 Å². The summed E-state index contributed by atoms with van der Waals surface area (Å²) in [5.74, 6) is 0.135. The number of likely N-dealkylation sites (tertiary alicyclic amines) is 1. The van der Waals surface area contributed by atoms with Crippen molar-refractivity contribution in [3.05, 3.63) is 0 Å². The van der Waals surface area contributed by atoms with Crippen LogP contribution < -0.4 is 5.32 Å². The first kappa shape index (κ1) is 9.48. The molecule has 0 aromatic rings. The summed E-state index contributed by atoms with van der Waals surface area (Å²) >= 11 is 0. The zero-order chi connectivity index (χ0) is 9.14. The second-order valence-corrected chi connectivity index (χ2v) is 3.35. The number of rotatable bonds is 3. The minimum absolute atomic E-state index is 0.00505. The van der Waals surface area contributed by atoms with E-state index in [0.29, 0.717) is 0 Å². The van der Waals surface area contributed by atoms with Gasteiger partial charge in [-0.05, 0) is 13.3 Å². The lowest BCUT2D eigenvalue weighted by Crippen LogP contribution is -2.43. The third-order valence-electron chi connectivity index (χ3n) is 2.19. The van der Waals surface area contributed by atoms with Gasteiger partial charge in [0.1, 0.15) is 0 Å². The fourth-order valence-corrected chi connectivity index (χ4v) is 1.37. The predicted molar refractivity (Wildman–Crippen MR) is 45.7 cm³/mol. The number of aliphatic hydroxyl groups excluding tert-OH is 1. The quantitative estimate of drug-likeness (QED) is 0.585. The van der Waals surface area contributed by atoms with Gasteiger partial charge < -0.3 is 15.3 Å². The van der Waals surface area contributed by atoms with E-state index in [4.69, 9.17) is 5.11 Å². The van der Waals surface area contributed by atoms with Gasteiger partial charge in [-0.2, -0.15) is 0 Å². The van der Waals surface area contributed by atoms with Crippen LogP contribution >= 0.6 is 0 Å². The molecule has 4 heteroatoms. The van der Waals surface area contributed by atoms with E-state index in [-0.39, 0.29) is 24.6 Å². The Morgan fingerprint density at radius 2 is 2.50 bits per heavy atom. The van der Waals surface area contributed by atoms with Crippen LogP contribution in [0.25, 0.3) is 0 Å². The molecule has 1 rings (SSSR count). The minimum atomic E-state index is -0.0860. The Labute approximate surface area is 72.6 Å². The van der Waals surface area contributed by atoms with Crippen LogP contribution in [0, 0.1) is 0 Å². The smallest absolute Gasteiger partial charge is 0.239 e. The van der Waals surface area contributed by atoms with Gasteiger partial charge in [0.25, 0.3) is 0 Å². The maximum atomic E-state index is 11.3. The number of nitrogens with one attached hydrogen (secondary N) is 1. The van der Waals surface area contributed by atoms with Gasteiger partial charge in [-0.15, -0.1) is 0 Å². The van der Waals surface area contributed by atoms with Crippen LogP contribution in [-0.4, -0.2) is 48.2 Å². The highest BCUT2D eigenvalue weighted by atomic mass is 16.3. The molecular formula is C8H16N2O2. The topological polar surface area (TPSA) is 52.6 Å². The van der Waals surface area contributed by atoms with Gasteiger partial charge in [-0.3, -0.25) is 4.79 Å². The van der Waals surface area contributed by atoms with Gasteiger partial charge in [0.15, 0.2) is 0 Å². The molecule has 0 bridgehead atoms. The second kappa shape index (κ2) is 3.87. The molecule has 70 valence electrons. The third-order valence-corrected chi connectivity index (χ3v) is 2.19. The molecule has 0 spiro atoms. The van der Waals surface area contributed by atoms with Crippen molar-refractivity contribution in [3.63, 3.8) is 0 Å². The molecule has 1 amide bonds. The first-order chi connectivity index (χ1) is 5.65. The third kappa shape index (κ3) is 1.95. The number of hydrogen-bond donors (Lipinski definition) is 2. The fourth-order valence-electron chi connectivity index (χ4n) is 1.37. The van der Waals surface area contributed by atoms with Crippen LogP contribution in [0.4, 0.5) is 0 Å². The van der Waals surface area contributed by atoms with Crippen LogP contribution in [0.2, 0.25) is 0 Å². The van der Waals surface area contributed by atoms with E-state index in [1.807, 2.05) is 6.92 Å². The second-order valence-electron chi connectivity index (χ2n) is 3.35. The number of likely N-dealkylation sites (N-methyl/N-ethyl adjacent to an activating group) is 1. The van der Waals surface area contributed by atoms with Crippen molar-refractivity contribution < 1.29 is 9.90 Å². The molecule has 1 fully saturated rings. The lowest BCUT2D eigenvalue weighted by molar-refractivity contribution is -0.128. The first-order valence-electron chi connectivity index (χ1n) is 4.27. The van der Waals surface area contributed by atoms with Crippen LogP contribution in [0.1, 0.15) is 13.3 Å². The summed E-state index contributed by atoms with van der Waals surface area (Å²) in [4.78, 5) is 13.0. The van der Waals surface area contributed by atoms with Crippen LogP contribution in [0.5, 0.6) is 0 Å². The summed E-state index contributed by atoms with van der Waals surface area (Å²) in [5, 5.41) is 11.8. The lowest BCUT2D eigenvalue weighted by atomic mass is 10.2. The Morgan fingerprint density at radius 3 is 2.92 bits per heavy atom. The molecule has 0 aliphatic carbocycles. The van der Waals surface area contributed by atoms with Crippen molar-refractivity contribution in [1.82, 2.24) is 10.2 Å². The zero-order valence-electron chi connectivity index (χ0n) is 7.58. The van der Waals surface area contributed by atoms with Gasteiger partial charge in [-0.1, -0.05) is 0 Å². The first-order valence-corrected chi connectivity index (χ1v) is 4.27. The largest absolute Gasteiger partial charge is 0.395 e. The number of carbonyl (C=O) groups is 1. The van der Waals surface area contributed by atoms with E-state index in [1.165, 1.54) is 0 Å². The SMILES string of the molecule is C[C@@H](CO)NC1CCN(C)C1=O. The van der Waals surface area contributed by atoms with Crippen molar-refractivity contribution in [2.24, 2.45) is 0 Å². The maximum absolute atomic E-state index is 11.3. The number of nitrogens with zero attached hydrogens (tertiary/aromatic N) is 1. The van der Waals surface area contributed by atoms with Gasteiger partial charge in [0.05, 0.1) is 12.6 Å². The Balaban J connectivity index is 2.39. The van der Waals surface area contributed by atoms with Gasteiger partial charge in [-0.25, -0.2) is 0 Å². The van der Waals surface area contributed by atoms with Crippen LogP contribution in [-0.2, 0) is 4.79 Å². The molecule has 1 heterocycles. The highest BCUT2D eigenvalue weighted by molar-refractivity contribution is 5.83. The summed E-state index contributed by atoms with van der Waals surface area (Å²) in [7, 11) is 1.80. The highest BCUT2D eigenvalue weighted by Crippen LogP contribution is 2.08. The molecule has 0 saturated carbocycles.